The van der Waals surface area contributed by atoms with Crippen molar-refractivity contribution < 1.29 is 0 Å². The number of aryl methyl sites for hydroxylation is 1. The lowest BCUT2D eigenvalue weighted by atomic mass is 10.2. The Morgan fingerprint density at radius 3 is 2.60 bits per heavy atom. The van der Waals surface area contributed by atoms with Gasteiger partial charge < -0.3 is 4.98 Å². The molecule has 0 saturated carbocycles. The van der Waals surface area contributed by atoms with Crippen molar-refractivity contribution in [3.8, 4) is 0 Å². The number of hydrogen-bond acceptors (Lipinski definition) is 3. The smallest absolute Gasteiger partial charge is 0.329 e. The van der Waals surface area contributed by atoms with Gasteiger partial charge in [-0.3, -0.25) is 14.3 Å². The van der Waals surface area contributed by atoms with Gasteiger partial charge in [0.15, 0.2) is 5.65 Å². The Kier molecular flexibility index (Phi) is 2.83. The molecule has 0 aliphatic rings. The van der Waals surface area contributed by atoms with Crippen LogP contribution in [0.25, 0.3) is 23.3 Å². The maximum atomic E-state index is 11.7. The van der Waals surface area contributed by atoms with Crippen molar-refractivity contribution in [1.29, 1.82) is 0 Å². The molecule has 0 unspecified atom stereocenters. The van der Waals surface area contributed by atoms with E-state index in [9.17, 15) is 9.59 Å². The number of nitrogens with zero attached hydrogens (tertiary/aromatic N) is 2. The molecular weight excluding hydrogens is 256 g/mol. The summed E-state index contributed by atoms with van der Waals surface area (Å²) in [5.74, 6) is 0.524. The van der Waals surface area contributed by atoms with Gasteiger partial charge in [0.05, 0.1) is 0 Å². The summed E-state index contributed by atoms with van der Waals surface area (Å²) in [6.07, 6.45) is 3.64. The lowest BCUT2D eigenvalue weighted by Gasteiger charge is -1.94. The monoisotopic (exact) mass is 268 g/mol. The minimum atomic E-state index is -0.479. The molecule has 0 amide bonds. The van der Waals surface area contributed by atoms with Crippen LogP contribution in [0.15, 0.2) is 39.9 Å². The second-order valence-corrected chi connectivity index (χ2v) is 4.38. The maximum Gasteiger partial charge on any atom is 0.329 e. The van der Waals surface area contributed by atoms with Crippen LogP contribution in [0.3, 0.4) is 0 Å². The van der Waals surface area contributed by atoms with Gasteiger partial charge in [0.1, 0.15) is 11.3 Å². The van der Waals surface area contributed by atoms with E-state index in [2.05, 4.69) is 15.0 Å². The Morgan fingerprint density at radius 2 is 1.85 bits per heavy atom. The molecule has 0 atom stereocenters. The van der Waals surface area contributed by atoms with Crippen molar-refractivity contribution in [1.82, 2.24) is 19.5 Å². The van der Waals surface area contributed by atoms with E-state index in [-0.39, 0.29) is 0 Å². The number of nitrogens with one attached hydrogen (secondary N) is 2. The molecule has 0 aliphatic heterocycles. The summed E-state index contributed by atoms with van der Waals surface area (Å²) in [4.78, 5) is 32.5. The fraction of sp³-hybridized carbons (Fsp3) is 0.0714. The van der Waals surface area contributed by atoms with E-state index in [1.54, 1.807) is 13.1 Å². The Labute approximate surface area is 113 Å². The van der Waals surface area contributed by atoms with Crippen LogP contribution in [0.1, 0.15) is 11.4 Å². The highest BCUT2D eigenvalue weighted by molar-refractivity contribution is 5.75. The summed E-state index contributed by atoms with van der Waals surface area (Å²) in [5, 5.41) is 0. The van der Waals surface area contributed by atoms with Crippen molar-refractivity contribution in [3.63, 3.8) is 0 Å². The van der Waals surface area contributed by atoms with Crippen LogP contribution < -0.4 is 11.2 Å². The van der Waals surface area contributed by atoms with Crippen LogP contribution in [0.4, 0.5) is 0 Å². The van der Waals surface area contributed by atoms with Crippen molar-refractivity contribution in [3.05, 3.63) is 62.6 Å². The maximum absolute atomic E-state index is 11.7. The molecule has 2 aromatic heterocycles. The van der Waals surface area contributed by atoms with E-state index in [1.807, 2.05) is 36.4 Å². The molecule has 6 heteroatoms. The highest BCUT2D eigenvalue weighted by Gasteiger charge is 2.08. The summed E-state index contributed by atoms with van der Waals surface area (Å²) >= 11 is 0. The number of fused-ring (bicyclic) bond motifs is 1. The van der Waals surface area contributed by atoms with Gasteiger partial charge >= 0.3 is 5.69 Å². The SMILES string of the molecule is Cn1c(=O)[nH]c(=O)c2[nH]c(/C=C/c3ccccc3)nc21. The quantitative estimate of drug-likeness (QED) is 0.730. The molecule has 3 rings (SSSR count). The van der Waals surface area contributed by atoms with Gasteiger partial charge in [0.25, 0.3) is 5.56 Å². The van der Waals surface area contributed by atoms with Gasteiger partial charge in [-0.25, -0.2) is 9.78 Å². The summed E-state index contributed by atoms with van der Waals surface area (Å²) in [5.41, 5.74) is 0.713. The van der Waals surface area contributed by atoms with E-state index in [4.69, 9.17) is 0 Å². The van der Waals surface area contributed by atoms with Gasteiger partial charge in [-0.2, -0.15) is 0 Å². The molecule has 3 aromatic rings. The summed E-state index contributed by atoms with van der Waals surface area (Å²) < 4.78 is 1.30. The first kappa shape index (κ1) is 12.2. The van der Waals surface area contributed by atoms with Crippen LogP contribution in [-0.2, 0) is 7.05 Å². The number of aromatic nitrogens is 4. The molecule has 0 spiro atoms. The molecule has 100 valence electrons. The molecule has 1 aromatic carbocycles. The Hall–Kier alpha value is -2.89. The zero-order valence-corrected chi connectivity index (χ0v) is 10.8. The topological polar surface area (TPSA) is 83.5 Å². The number of imidazole rings is 1. The number of benzene rings is 1. The Morgan fingerprint density at radius 1 is 1.10 bits per heavy atom. The fourth-order valence-corrected chi connectivity index (χ4v) is 1.94. The normalized spacial score (nSPS) is 11.4. The van der Waals surface area contributed by atoms with Crippen LogP contribution in [-0.4, -0.2) is 19.5 Å². The first-order chi connectivity index (χ1) is 9.65. The third-order valence-electron chi connectivity index (χ3n) is 3.01. The van der Waals surface area contributed by atoms with Crippen molar-refractivity contribution >= 4 is 23.3 Å². The predicted octanol–water partition coefficient (Wildman–Crippen LogP) is 1.12. The molecule has 20 heavy (non-hydrogen) atoms. The third-order valence-corrected chi connectivity index (χ3v) is 3.01. The second-order valence-electron chi connectivity index (χ2n) is 4.38. The number of hydrogen-bond donors (Lipinski definition) is 2. The minimum absolute atomic E-state index is 0.291. The second kappa shape index (κ2) is 4.65. The van der Waals surface area contributed by atoms with E-state index < -0.39 is 11.2 Å². The molecule has 6 nitrogen and oxygen atoms in total. The summed E-state index contributed by atoms with van der Waals surface area (Å²) in [6.45, 7) is 0. The molecule has 0 aliphatic carbocycles. The average molecular weight is 268 g/mol. The van der Waals surface area contributed by atoms with Crippen molar-refractivity contribution in [2.75, 3.05) is 0 Å². The Balaban J connectivity index is 2.09. The summed E-state index contributed by atoms with van der Waals surface area (Å²) in [6, 6.07) is 9.73. The zero-order chi connectivity index (χ0) is 14.1. The van der Waals surface area contributed by atoms with E-state index in [0.29, 0.717) is 17.0 Å². The van der Waals surface area contributed by atoms with Crippen LogP contribution in [0, 0.1) is 0 Å². The molecule has 0 fully saturated rings. The summed E-state index contributed by atoms with van der Waals surface area (Å²) in [7, 11) is 1.56. The van der Waals surface area contributed by atoms with Gasteiger partial charge in [-0.05, 0) is 11.6 Å². The molecule has 0 radical (unpaired) electrons. The van der Waals surface area contributed by atoms with Crippen molar-refractivity contribution in [2.45, 2.75) is 0 Å². The zero-order valence-electron chi connectivity index (χ0n) is 10.8. The first-order valence-corrected chi connectivity index (χ1v) is 6.07. The standard InChI is InChI=1S/C14H12N4O2/c1-18-12-11(13(19)17-14(18)20)15-10(16-12)8-7-9-5-3-2-4-6-9/h2-8H,1H3,(H,15,16)(H,17,19,20)/b8-7+. The Bertz CT molecular complexity index is 900. The third kappa shape index (κ3) is 2.07. The van der Waals surface area contributed by atoms with Crippen LogP contribution in [0.5, 0.6) is 0 Å². The predicted molar refractivity (Wildman–Crippen MR) is 77.3 cm³/mol. The molecule has 2 heterocycles. The molecular formula is C14H12N4O2. The van der Waals surface area contributed by atoms with Gasteiger partial charge in [0.2, 0.25) is 0 Å². The van der Waals surface area contributed by atoms with Gasteiger partial charge in [0, 0.05) is 7.05 Å². The molecule has 0 saturated heterocycles. The van der Waals surface area contributed by atoms with E-state index >= 15 is 0 Å². The van der Waals surface area contributed by atoms with Crippen LogP contribution in [0.2, 0.25) is 0 Å². The molecule has 2 N–H and O–H groups in total. The van der Waals surface area contributed by atoms with Crippen molar-refractivity contribution in [2.24, 2.45) is 7.05 Å². The van der Waals surface area contributed by atoms with Gasteiger partial charge in [-0.15, -0.1) is 0 Å². The van der Waals surface area contributed by atoms with Crippen LogP contribution >= 0.6 is 0 Å². The minimum Gasteiger partial charge on any atom is -0.333 e. The molecule has 0 bridgehead atoms. The number of aromatic amines is 2. The van der Waals surface area contributed by atoms with Gasteiger partial charge in [-0.1, -0.05) is 36.4 Å². The average Bonchev–Trinajstić information content (AvgIpc) is 2.89. The van der Waals surface area contributed by atoms with E-state index in [0.717, 1.165) is 5.56 Å². The highest BCUT2D eigenvalue weighted by Crippen LogP contribution is 2.08. The lowest BCUT2D eigenvalue weighted by molar-refractivity contribution is 0.832. The largest absolute Gasteiger partial charge is 0.333 e. The number of H-pyrrole nitrogens is 2. The lowest BCUT2D eigenvalue weighted by Crippen LogP contribution is -2.28. The first-order valence-electron chi connectivity index (χ1n) is 6.07. The number of rotatable bonds is 2. The fourth-order valence-electron chi connectivity index (χ4n) is 1.94. The van der Waals surface area contributed by atoms with E-state index in [1.165, 1.54) is 4.57 Å². The highest BCUT2D eigenvalue weighted by atomic mass is 16.2.